The number of hydrogen-bond acceptors (Lipinski definition) is 4. The maximum absolute atomic E-state index is 11.3. The second kappa shape index (κ2) is 6.95. The van der Waals surface area contributed by atoms with Crippen LogP contribution in [0.5, 0.6) is 0 Å². The van der Waals surface area contributed by atoms with Crippen molar-refractivity contribution in [2.75, 3.05) is 19.8 Å². The van der Waals surface area contributed by atoms with Gasteiger partial charge in [-0.1, -0.05) is 13.8 Å². The highest BCUT2D eigenvalue weighted by Crippen LogP contribution is 1.98. The van der Waals surface area contributed by atoms with Crippen LogP contribution in [0.3, 0.4) is 0 Å². The average molecular weight is 226 g/mol. The van der Waals surface area contributed by atoms with Crippen molar-refractivity contribution < 1.29 is 9.53 Å². The summed E-state index contributed by atoms with van der Waals surface area (Å²) in [5.41, 5.74) is 0. The number of nitrogens with zero attached hydrogens (tertiary/aromatic N) is 2. The second-order valence-corrected chi connectivity index (χ2v) is 3.88. The van der Waals surface area contributed by atoms with Gasteiger partial charge in [-0.05, 0) is 12.3 Å². The van der Waals surface area contributed by atoms with Gasteiger partial charge in [0.15, 0.2) is 0 Å². The van der Waals surface area contributed by atoms with Crippen LogP contribution in [0.25, 0.3) is 0 Å². The first-order valence-corrected chi connectivity index (χ1v) is 5.41. The van der Waals surface area contributed by atoms with Gasteiger partial charge in [0.1, 0.15) is 6.33 Å². The largest absolute Gasteiger partial charge is 0.380 e. The maximum atomic E-state index is 11.3. The number of amides is 1. The second-order valence-electron chi connectivity index (χ2n) is 3.88. The Labute approximate surface area is 94.8 Å². The Balaban J connectivity index is 2.01. The summed E-state index contributed by atoms with van der Waals surface area (Å²) in [6.45, 7) is 6.03. The highest BCUT2D eigenvalue weighted by Gasteiger charge is 2.06. The third-order valence-electron chi connectivity index (χ3n) is 2.00. The van der Waals surface area contributed by atoms with E-state index in [1.807, 2.05) is 0 Å². The Morgan fingerprint density at radius 1 is 1.56 bits per heavy atom. The van der Waals surface area contributed by atoms with Gasteiger partial charge < -0.3 is 10.1 Å². The van der Waals surface area contributed by atoms with E-state index >= 15 is 0 Å². The molecule has 2 N–H and O–H groups in total. The number of rotatable bonds is 7. The van der Waals surface area contributed by atoms with Crippen molar-refractivity contribution in [2.24, 2.45) is 5.92 Å². The number of hydrogen-bond donors (Lipinski definition) is 2. The van der Waals surface area contributed by atoms with Gasteiger partial charge in [0, 0.05) is 13.2 Å². The topological polar surface area (TPSA) is 79.9 Å². The smallest absolute Gasteiger partial charge is 0.288 e. The normalized spacial score (nSPS) is 10.7. The van der Waals surface area contributed by atoms with Crippen molar-refractivity contribution in [3.63, 3.8) is 0 Å². The van der Waals surface area contributed by atoms with E-state index < -0.39 is 0 Å². The number of H-pyrrole nitrogens is 1. The molecule has 1 rings (SSSR count). The molecule has 16 heavy (non-hydrogen) atoms. The Kier molecular flexibility index (Phi) is 5.49. The minimum absolute atomic E-state index is 0.224. The van der Waals surface area contributed by atoms with Crippen LogP contribution in [0.2, 0.25) is 0 Å². The van der Waals surface area contributed by atoms with Crippen LogP contribution in [-0.4, -0.2) is 40.8 Å². The lowest BCUT2D eigenvalue weighted by Crippen LogP contribution is -2.28. The zero-order valence-electron chi connectivity index (χ0n) is 9.69. The molecule has 0 aliphatic carbocycles. The highest BCUT2D eigenvalue weighted by atomic mass is 16.5. The first-order valence-electron chi connectivity index (χ1n) is 5.41. The SMILES string of the molecule is CC(C)CCOCCNC(=O)c1ncn[nH]1. The lowest BCUT2D eigenvalue weighted by molar-refractivity contribution is 0.0896. The predicted molar refractivity (Wildman–Crippen MR) is 59.0 cm³/mol. The molecular formula is C10H18N4O2. The van der Waals surface area contributed by atoms with Crippen molar-refractivity contribution in [2.45, 2.75) is 20.3 Å². The zero-order valence-corrected chi connectivity index (χ0v) is 9.69. The molecule has 0 spiro atoms. The Bertz CT molecular complexity index is 298. The monoisotopic (exact) mass is 226 g/mol. The fourth-order valence-corrected chi connectivity index (χ4v) is 1.06. The van der Waals surface area contributed by atoms with Crippen LogP contribution >= 0.6 is 0 Å². The minimum Gasteiger partial charge on any atom is -0.380 e. The number of aromatic nitrogens is 3. The minimum atomic E-state index is -0.259. The summed E-state index contributed by atoms with van der Waals surface area (Å²) in [5.74, 6) is 0.607. The molecule has 0 fully saturated rings. The molecule has 1 aromatic heterocycles. The maximum Gasteiger partial charge on any atom is 0.288 e. The van der Waals surface area contributed by atoms with Crippen molar-refractivity contribution in [1.29, 1.82) is 0 Å². The fourth-order valence-electron chi connectivity index (χ4n) is 1.06. The van der Waals surface area contributed by atoms with E-state index in [-0.39, 0.29) is 11.7 Å². The Hall–Kier alpha value is -1.43. The number of nitrogens with one attached hydrogen (secondary N) is 2. The molecule has 6 nitrogen and oxygen atoms in total. The summed E-state index contributed by atoms with van der Waals surface area (Å²) in [6.07, 6.45) is 2.34. The standard InChI is InChI=1S/C10H18N4O2/c1-8(2)3-5-16-6-4-11-10(15)9-12-7-13-14-9/h7-8H,3-6H2,1-2H3,(H,11,15)(H,12,13,14). The summed E-state index contributed by atoms with van der Waals surface area (Å²) < 4.78 is 5.35. The lowest BCUT2D eigenvalue weighted by atomic mass is 10.1. The van der Waals surface area contributed by atoms with Crippen molar-refractivity contribution in [3.8, 4) is 0 Å². The van der Waals surface area contributed by atoms with Gasteiger partial charge in [0.2, 0.25) is 5.82 Å². The van der Waals surface area contributed by atoms with Gasteiger partial charge in [-0.25, -0.2) is 4.98 Å². The highest BCUT2D eigenvalue weighted by molar-refractivity contribution is 5.90. The third-order valence-corrected chi connectivity index (χ3v) is 2.00. The Morgan fingerprint density at radius 3 is 3.00 bits per heavy atom. The molecule has 0 atom stereocenters. The number of carbonyl (C=O) groups excluding carboxylic acids is 1. The van der Waals surface area contributed by atoms with E-state index in [1.165, 1.54) is 6.33 Å². The van der Waals surface area contributed by atoms with E-state index in [4.69, 9.17) is 4.74 Å². The zero-order chi connectivity index (χ0) is 11.8. The number of ether oxygens (including phenoxy) is 1. The van der Waals surface area contributed by atoms with Gasteiger partial charge in [-0.15, -0.1) is 0 Å². The summed E-state index contributed by atoms with van der Waals surface area (Å²) in [4.78, 5) is 15.1. The molecule has 0 unspecified atom stereocenters. The van der Waals surface area contributed by atoms with Gasteiger partial charge in [0.25, 0.3) is 5.91 Å². The van der Waals surface area contributed by atoms with Crippen molar-refractivity contribution in [3.05, 3.63) is 12.2 Å². The summed E-state index contributed by atoms with van der Waals surface area (Å²) in [7, 11) is 0. The van der Waals surface area contributed by atoms with Gasteiger partial charge in [-0.3, -0.25) is 9.89 Å². The predicted octanol–water partition coefficient (Wildman–Crippen LogP) is 0.597. The molecule has 90 valence electrons. The average Bonchev–Trinajstić information content (AvgIpc) is 2.75. The van der Waals surface area contributed by atoms with E-state index in [0.717, 1.165) is 13.0 Å². The van der Waals surface area contributed by atoms with Crippen molar-refractivity contribution >= 4 is 5.91 Å². The molecular weight excluding hydrogens is 208 g/mol. The first-order chi connectivity index (χ1) is 7.70. The molecule has 0 radical (unpaired) electrons. The van der Waals surface area contributed by atoms with Gasteiger partial charge in [-0.2, -0.15) is 5.10 Å². The molecule has 1 amide bonds. The molecule has 6 heteroatoms. The fraction of sp³-hybridized carbons (Fsp3) is 0.700. The van der Waals surface area contributed by atoms with Gasteiger partial charge in [0.05, 0.1) is 6.61 Å². The van der Waals surface area contributed by atoms with Crippen LogP contribution in [0.1, 0.15) is 30.9 Å². The molecule has 0 aliphatic heterocycles. The van der Waals surface area contributed by atoms with E-state index in [9.17, 15) is 4.79 Å². The first kappa shape index (κ1) is 12.6. The molecule has 1 aromatic rings. The van der Waals surface area contributed by atoms with E-state index in [2.05, 4.69) is 34.3 Å². The van der Waals surface area contributed by atoms with E-state index in [0.29, 0.717) is 19.1 Å². The summed E-state index contributed by atoms with van der Waals surface area (Å²) in [5, 5.41) is 8.76. The molecule has 0 aliphatic rings. The number of aromatic amines is 1. The quantitative estimate of drug-likeness (QED) is 0.667. The lowest BCUT2D eigenvalue weighted by Gasteiger charge is -2.06. The van der Waals surface area contributed by atoms with Crippen LogP contribution in [0.4, 0.5) is 0 Å². The molecule has 0 saturated carbocycles. The molecule has 0 bridgehead atoms. The third kappa shape index (κ3) is 4.88. The van der Waals surface area contributed by atoms with Crippen LogP contribution < -0.4 is 5.32 Å². The van der Waals surface area contributed by atoms with Crippen molar-refractivity contribution in [1.82, 2.24) is 20.5 Å². The number of carbonyl (C=O) groups is 1. The van der Waals surface area contributed by atoms with Crippen LogP contribution in [0, 0.1) is 5.92 Å². The molecule has 0 aromatic carbocycles. The molecule has 1 heterocycles. The Morgan fingerprint density at radius 2 is 2.38 bits per heavy atom. The summed E-state index contributed by atoms with van der Waals surface area (Å²) >= 11 is 0. The summed E-state index contributed by atoms with van der Waals surface area (Å²) in [6, 6.07) is 0. The van der Waals surface area contributed by atoms with Gasteiger partial charge >= 0.3 is 0 Å². The van der Waals surface area contributed by atoms with Crippen LogP contribution in [0.15, 0.2) is 6.33 Å². The molecule has 0 saturated heterocycles. The van der Waals surface area contributed by atoms with Crippen LogP contribution in [-0.2, 0) is 4.74 Å². The van der Waals surface area contributed by atoms with E-state index in [1.54, 1.807) is 0 Å².